The number of rotatable bonds is 6. The summed E-state index contributed by atoms with van der Waals surface area (Å²) in [5.41, 5.74) is 3.10. The van der Waals surface area contributed by atoms with Crippen LogP contribution in [0.4, 0.5) is 0 Å². The second-order valence-corrected chi connectivity index (χ2v) is 9.13. The highest BCUT2D eigenvalue weighted by Crippen LogP contribution is 2.23. The van der Waals surface area contributed by atoms with E-state index < -0.39 is 10.0 Å². The van der Waals surface area contributed by atoms with E-state index in [-0.39, 0.29) is 22.8 Å². The number of hydrogen-bond donors (Lipinski definition) is 2. The fourth-order valence-corrected chi connectivity index (χ4v) is 3.33. The Labute approximate surface area is 155 Å². The number of benzene rings is 2. The van der Waals surface area contributed by atoms with Crippen molar-refractivity contribution in [1.29, 1.82) is 0 Å². The van der Waals surface area contributed by atoms with Gasteiger partial charge in [-0.15, -0.1) is 0 Å². The maximum Gasteiger partial charge on any atom is 0.241 e. The van der Waals surface area contributed by atoms with Crippen LogP contribution in [0.15, 0.2) is 53.4 Å². The van der Waals surface area contributed by atoms with Gasteiger partial charge in [0.1, 0.15) is 0 Å². The van der Waals surface area contributed by atoms with Crippen LogP contribution in [0.2, 0.25) is 0 Å². The van der Waals surface area contributed by atoms with Crippen LogP contribution < -0.4 is 10.0 Å². The molecule has 0 bridgehead atoms. The first-order chi connectivity index (χ1) is 12.1. The molecule has 0 radical (unpaired) electrons. The van der Waals surface area contributed by atoms with Gasteiger partial charge >= 0.3 is 0 Å². The van der Waals surface area contributed by atoms with Gasteiger partial charge in [-0.3, -0.25) is 4.79 Å². The Kier molecular flexibility index (Phi) is 6.21. The molecular weight excluding hydrogens is 348 g/mol. The maximum absolute atomic E-state index is 12.3. The zero-order chi connectivity index (χ0) is 19.4. The molecule has 0 saturated heterocycles. The van der Waals surface area contributed by atoms with Crippen molar-refractivity contribution in [2.45, 2.75) is 44.6 Å². The molecule has 1 amide bonds. The summed E-state index contributed by atoms with van der Waals surface area (Å²) in [5.74, 6) is -0.375. The number of sulfonamides is 1. The lowest BCUT2D eigenvalue weighted by Crippen LogP contribution is -2.36. The Hall–Kier alpha value is -2.18. The molecule has 0 spiro atoms. The standard InChI is InChI=1S/C20H26N2O3S/c1-15-5-7-16(8-6-15)13-21-19(23)14-22-26(24,25)18-11-9-17(10-12-18)20(2,3)4/h5-12,22H,13-14H2,1-4H3,(H,21,23). The molecular formula is C20H26N2O3S. The summed E-state index contributed by atoms with van der Waals surface area (Å²) in [5, 5.41) is 2.71. The van der Waals surface area contributed by atoms with Crippen LogP contribution in [0.3, 0.4) is 0 Å². The van der Waals surface area contributed by atoms with Crippen LogP contribution in [0.5, 0.6) is 0 Å². The summed E-state index contributed by atoms with van der Waals surface area (Å²) in [7, 11) is -3.72. The van der Waals surface area contributed by atoms with Crippen LogP contribution >= 0.6 is 0 Å². The summed E-state index contributed by atoms with van der Waals surface area (Å²) in [4.78, 5) is 12.1. The summed E-state index contributed by atoms with van der Waals surface area (Å²) >= 11 is 0. The Bertz CT molecular complexity index is 849. The summed E-state index contributed by atoms with van der Waals surface area (Å²) < 4.78 is 27.0. The van der Waals surface area contributed by atoms with E-state index in [0.717, 1.165) is 16.7 Å². The molecule has 2 aromatic carbocycles. The molecule has 2 aromatic rings. The third-order valence-electron chi connectivity index (χ3n) is 4.06. The summed E-state index contributed by atoms with van der Waals surface area (Å²) in [6, 6.07) is 14.5. The van der Waals surface area contributed by atoms with E-state index in [9.17, 15) is 13.2 Å². The van der Waals surface area contributed by atoms with Gasteiger partial charge < -0.3 is 5.32 Å². The zero-order valence-corrected chi connectivity index (χ0v) is 16.5. The fourth-order valence-electron chi connectivity index (χ4n) is 2.35. The van der Waals surface area contributed by atoms with Gasteiger partial charge in [0.05, 0.1) is 11.4 Å². The Morgan fingerprint density at radius 1 is 0.962 bits per heavy atom. The van der Waals surface area contributed by atoms with E-state index in [1.54, 1.807) is 24.3 Å². The molecule has 0 aromatic heterocycles. The Morgan fingerprint density at radius 2 is 1.54 bits per heavy atom. The molecule has 0 fully saturated rings. The average Bonchev–Trinajstić information content (AvgIpc) is 2.59. The molecule has 140 valence electrons. The normalized spacial score (nSPS) is 12.0. The van der Waals surface area contributed by atoms with Crippen molar-refractivity contribution >= 4 is 15.9 Å². The van der Waals surface area contributed by atoms with E-state index >= 15 is 0 Å². The minimum absolute atomic E-state index is 0.0500. The number of hydrogen-bond acceptors (Lipinski definition) is 3. The van der Waals surface area contributed by atoms with Gasteiger partial charge in [-0.1, -0.05) is 62.7 Å². The maximum atomic E-state index is 12.3. The van der Waals surface area contributed by atoms with Gasteiger partial charge in [0.15, 0.2) is 0 Å². The summed E-state index contributed by atoms with van der Waals surface area (Å²) in [6.45, 7) is 8.24. The fraction of sp³-hybridized carbons (Fsp3) is 0.350. The lowest BCUT2D eigenvalue weighted by atomic mass is 9.87. The number of carbonyl (C=O) groups excluding carboxylic acids is 1. The van der Waals surface area contributed by atoms with Gasteiger partial charge in [-0.05, 0) is 35.6 Å². The van der Waals surface area contributed by atoms with Crippen LogP contribution in [0, 0.1) is 6.92 Å². The van der Waals surface area contributed by atoms with Crippen molar-refractivity contribution in [2.24, 2.45) is 0 Å². The predicted octanol–water partition coefficient (Wildman–Crippen LogP) is 2.89. The van der Waals surface area contributed by atoms with Crippen LogP contribution in [0.25, 0.3) is 0 Å². The molecule has 0 heterocycles. The molecule has 2 N–H and O–H groups in total. The molecule has 6 heteroatoms. The second kappa shape index (κ2) is 8.01. The zero-order valence-electron chi connectivity index (χ0n) is 15.7. The van der Waals surface area contributed by atoms with E-state index in [2.05, 4.69) is 30.8 Å². The second-order valence-electron chi connectivity index (χ2n) is 7.36. The SMILES string of the molecule is Cc1ccc(CNC(=O)CNS(=O)(=O)c2ccc(C(C)(C)C)cc2)cc1. The molecule has 0 aliphatic carbocycles. The first-order valence-electron chi connectivity index (χ1n) is 8.50. The van der Waals surface area contributed by atoms with E-state index in [1.807, 2.05) is 31.2 Å². The minimum Gasteiger partial charge on any atom is -0.351 e. The molecule has 26 heavy (non-hydrogen) atoms. The van der Waals surface area contributed by atoms with Gasteiger partial charge in [0, 0.05) is 6.54 Å². The van der Waals surface area contributed by atoms with Crippen LogP contribution in [-0.2, 0) is 26.8 Å². The number of nitrogens with one attached hydrogen (secondary N) is 2. The van der Waals surface area contributed by atoms with E-state index in [0.29, 0.717) is 6.54 Å². The molecule has 0 atom stereocenters. The van der Waals surface area contributed by atoms with Crippen molar-refractivity contribution in [2.75, 3.05) is 6.54 Å². The average molecular weight is 375 g/mol. The predicted molar refractivity (Wildman–Crippen MR) is 103 cm³/mol. The third kappa shape index (κ3) is 5.68. The molecule has 0 aliphatic heterocycles. The first-order valence-corrected chi connectivity index (χ1v) is 9.99. The van der Waals surface area contributed by atoms with Gasteiger partial charge in [-0.2, -0.15) is 0 Å². The molecule has 0 saturated carbocycles. The lowest BCUT2D eigenvalue weighted by molar-refractivity contribution is -0.120. The minimum atomic E-state index is -3.72. The Morgan fingerprint density at radius 3 is 2.08 bits per heavy atom. The van der Waals surface area contributed by atoms with Gasteiger partial charge in [-0.25, -0.2) is 13.1 Å². The van der Waals surface area contributed by atoms with Crippen LogP contribution in [0.1, 0.15) is 37.5 Å². The highest BCUT2D eigenvalue weighted by molar-refractivity contribution is 7.89. The van der Waals surface area contributed by atoms with E-state index in [1.165, 1.54) is 0 Å². The summed E-state index contributed by atoms with van der Waals surface area (Å²) in [6.07, 6.45) is 0. The van der Waals surface area contributed by atoms with Gasteiger partial charge in [0.2, 0.25) is 15.9 Å². The molecule has 0 unspecified atom stereocenters. The largest absolute Gasteiger partial charge is 0.351 e. The Balaban J connectivity index is 1.90. The smallest absolute Gasteiger partial charge is 0.241 e. The van der Waals surface area contributed by atoms with Crippen molar-refractivity contribution in [3.05, 3.63) is 65.2 Å². The number of aryl methyl sites for hydroxylation is 1. The lowest BCUT2D eigenvalue weighted by Gasteiger charge is -2.19. The van der Waals surface area contributed by atoms with Gasteiger partial charge in [0.25, 0.3) is 0 Å². The van der Waals surface area contributed by atoms with Crippen LogP contribution in [-0.4, -0.2) is 20.9 Å². The van der Waals surface area contributed by atoms with Crippen molar-refractivity contribution in [1.82, 2.24) is 10.0 Å². The van der Waals surface area contributed by atoms with Crippen molar-refractivity contribution < 1.29 is 13.2 Å². The monoisotopic (exact) mass is 374 g/mol. The number of carbonyl (C=O) groups is 1. The topological polar surface area (TPSA) is 75.3 Å². The van der Waals surface area contributed by atoms with E-state index in [4.69, 9.17) is 0 Å². The van der Waals surface area contributed by atoms with Crippen molar-refractivity contribution in [3.63, 3.8) is 0 Å². The first kappa shape index (κ1) is 20.1. The van der Waals surface area contributed by atoms with Crippen molar-refractivity contribution in [3.8, 4) is 0 Å². The molecule has 5 nitrogen and oxygen atoms in total. The number of amides is 1. The highest BCUT2D eigenvalue weighted by atomic mass is 32.2. The third-order valence-corrected chi connectivity index (χ3v) is 5.48. The quantitative estimate of drug-likeness (QED) is 0.816. The molecule has 0 aliphatic rings. The highest BCUT2D eigenvalue weighted by Gasteiger charge is 2.18. The molecule has 2 rings (SSSR count).